The van der Waals surface area contributed by atoms with Gasteiger partial charge in [-0.05, 0) is 24.9 Å². The van der Waals surface area contributed by atoms with Gasteiger partial charge >= 0.3 is 0 Å². The van der Waals surface area contributed by atoms with E-state index in [1.165, 1.54) is 24.8 Å². The van der Waals surface area contributed by atoms with Crippen LogP contribution in [0.2, 0.25) is 0 Å². The number of hydrogen-bond donors (Lipinski definition) is 1. The first-order chi connectivity index (χ1) is 9.24. The Kier molecular flexibility index (Phi) is 7.77. The number of unbranched alkanes of at least 4 members (excludes halogenated alkanes) is 1. The molecule has 2 nitrogen and oxygen atoms in total. The van der Waals surface area contributed by atoms with Crippen molar-refractivity contribution in [3.8, 4) is 18.1 Å². The molecule has 0 aromatic heterocycles. The lowest BCUT2D eigenvalue weighted by Gasteiger charge is -2.10. The van der Waals surface area contributed by atoms with Crippen molar-refractivity contribution in [2.75, 3.05) is 13.2 Å². The molecule has 0 aliphatic heterocycles. The van der Waals surface area contributed by atoms with E-state index in [1.54, 1.807) is 0 Å². The van der Waals surface area contributed by atoms with Crippen LogP contribution in [0.1, 0.15) is 38.7 Å². The van der Waals surface area contributed by atoms with Crippen LogP contribution in [-0.4, -0.2) is 13.2 Å². The molecule has 104 valence electrons. The standard InChI is InChI=1S/C17H25NO/c1-4-13-19-17-11-6-5-10-16(17)14-18-12-8-7-9-15(2)3/h1,5-6,10-11,15,18H,7-9,12-14H2,2-3H3. The largest absolute Gasteiger partial charge is 0.481 e. The quantitative estimate of drug-likeness (QED) is 0.540. The Morgan fingerprint density at radius 1 is 1.26 bits per heavy atom. The predicted octanol–water partition coefficient (Wildman–Crippen LogP) is 3.61. The SMILES string of the molecule is C#CCOc1ccccc1CNCCCCC(C)C. The van der Waals surface area contributed by atoms with Crippen LogP contribution in [0.5, 0.6) is 5.75 Å². The van der Waals surface area contributed by atoms with E-state index in [-0.39, 0.29) is 0 Å². The Bertz CT molecular complexity index is 392. The lowest BCUT2D eigenvalue weighted by Crippen LogP contribution is -2.15. The number of rotatable bonds is 9. The van der Waals surface area contributed by atoms with Gasteiger partial charge < -0.3 is 10.1 Å². The molecule has 1 N–H and O–H groups in total. The van der Waals surface area contributed by atoms with Gasteiger partial charge in [0.1, 0.15) is 12.4 Å². The Labute approximate surface area is 117 Å². The summed E-state index contributed by atoms with van der Waals surface area (Å²) in [7, 11) is 0. The minimum Gasteiger partial charge on any atom is -0.481 e. The van der Waals surface area contributed by atoms with Crippen LogP contribution >= 0.6 is 0 Å². The molecule has 0 aliphatic rings. The highest BCUT2D eigenvalue weighted by atomic mass is 16.5. The molecular weight excluding hydrogens is 234 g/mol. The molecule has 0 saturated carbocycles. The fourth-order valence-electron chi connectivity index (χ4n) is 1.94. The molecule has 2 heteroatoms. The molecule has 0 amide bonds. The molecule has 1 aromatic carbocycles. The van der Waals surface area contributed by atoms with Crippen molar-refractivity contribution in [3.05, 3.63) is 29.8 Å². The molecule has 0 fully saturated rings. The molecule has 0 heterocycles. The van der Waals surface area contributed by atoms with Crippen molar-refractivity contribution >= 4 is 0 Å². The van der Waals surface area contributed by atoms with Gasteiger partial charge in [-0.1, -0.05) is 50.8 Å². The summed E-state index contributed by atoms with van der Waals surface area (Å²) >= 11 is 0. The lowest BCUT2D eigenvalue weighted by molar-refractivity contribution is 0.364. The molecule has 0 unspecified atom stereocenters. The maximum Gasteiger partial charge on any atom is 0.148 e. The molecule has 0 radical (unpaired) electrons. The maximum absolute atomic E-state index is 5.52. The van der Waals surface area contributed by atoms with E-state index in [4.69, 9.17) is 11.2 Å². The van der Waals surface area contributed by atoms with Crippen LogP contribution in [0.3, 0.4) is 0 Å². The van der Waals surface area contributed by atoms with E-state index in [1.807, 2.05) is 18.2 Å². The summed E-state index contributed by atoms with van der Waals surface area (Å²) in [6.07, 6.45) is 9.04. The summed E-state index contributed by atoms with van der Waals surface area (Å²) in [4.78, 5) is 0. The van der Waals surface area contributed by atoms with Crippen molar-refractivity contribution in [1.82, 2.24) is 5.32 Å². The summed E-state index contributed by atoms with van der Waals surface area (Å²) in [5.41, 5.74) is 1.17. The van der Waals surface area contributed by atoms with Crippen molar-refractivity contribution in [2.45, 2.75) is 39.7 Å². The maximum atomic E-state index is 5.52. The van der Waals surface area contributed by atoms with Gasteiger partial charge in [0.25, 0.3) is 0 Å². The van der Waals surface area contributed by atoms with E-state index in [0.717, 1.165) is 24.8 Å². The third kappa shape index (κ3) is 6.88. The van der Waals surface area contributed by atoms with Gasteiger partial charge in [-0.25, -0.2) is 0 Å². The minimum absolute atomic E-state index is 0.325. The van der Waals surface area contributed by atoms with E-state index in [0.29, 0.717) is 6.61 Å². The number of hydrogen-bond acceptors (Lipinski definition) is 2. The summed E-state index contributed by atoms with van der Waals surface area (Å²) in [6.45, 7) is 6.75. The Balaban J connectivity index is 2.27. The first-order valence-electron chi connectivity index (χ1n) is 7.09. The highest BCUT2D eigenvalue weighted by molar-refractivity contribution is 5.33. The Morgan fingerprint density at radius 2 is 2.05 bits per heavy atom. The summed E-state index contributed by atoms with van der Waals surface area (Å²) in [5.74, 6) is 4.18. The van der Waals surface area contributed by atoms with Gasteiger partial charge in [0.15, 0.2) is 0 Å². The van der Waals surface area contributed by atoms with Crippen LogP contribution in [0.25, 0.3) is 0 Å². The van der Waals surface area contributed by atoms with E-state index < -0.39 is 0 Å². The second-order valence-corrected chi connectivity index (χ2v) is 5.17. The lowest BCUT2D eigenvalue weighted by atomic mass is 10.1. The second kappa shape index (κ2) is 9.47. The number of para-hydroxylation sites is 1. The molecule has 0 atom stereocenters. The topological polar surface area (TPSA) is 21.3 Å². The monoisotopic (exact) mass is 259 g/mol. The van der Waals surface area contributed by atoms with E-state index in [9.17, 15) is 0 Å². The third-order valence-electron chi connectivity index (χ3n) is 2.98. The number of ether oxygens (including phenoxy) is 1. The second-order valence-electron chi connectivity index (χ2n) is 5.17. The molecule has 1 rings (SSSR count). The average Bonchev–Trinajstić information content (AvgIpc) is 2.41. The van der Waals surface area contributed by atoms with Gasteiger partial charge in [-0.2, -0.15) is 0 Å². The number of benzene rings is 1. The van der Waals surface area contributed by atoms with Crippen molar-refractivity contribution in [1.29, 1.82) is 0 Å². The molecule has 1 aromatic rings. The molecule has 0 bridgehead atoms. The van der Waals surface area contributed by atoms with Gasteiger partial charge in [0, 0.05) is 12.1 Å². The van der Waals surface area contributed by atoms with Gasteiger partial charge in [0.2, 0.25) is 0 Å². The minimum atomic E-state index is 0.325. The Hall–Kier alpha value is -1.46. The van der Waals surface area contributed by atoms with Crippen LogP contribution in [0.4, 0.5) is 0 Å². The zero-order valence-electron chi connectivity index (χ0n) is 12.1. The molecule has 0 saturated heterocycles. The molecular formula is C17H25NO. The van der Waals surface area contributed by atoms with Gasteiger partial charge in [-0.15, -0.1) is 6.42 Å². The number of terminal acetylenes is 1. The van der Waals surface area contributed by atoms with Crippen molar-refractivity contribution in [3.63, 3.8) is 0 Å². The Morgan fingerprint density at radius 3 is 2.79 bits per heavy atom. The van der Waals surface area contributed by atoms with Crippen molar-refractivity contribution < 1.29 is 4.74 Å². The van der Waals surface area contributed by atoms with Crippen LogP contribution in [0, 0.1) is 18.3 Å². The summed E-state index contributed by atoms with van der Waals surface area (Å²) in [5, 5.41) is 3.46. The zero-order valence-corrected chi connectivity index (χ0v) is 12.1. The van der Waals surface area contributed by atoms with Crippen LogP contribution in [-0.2, 0) is 6.54 Å². The predicted molar refractivity (Wildman–Crippen MR) is 81.2 cm³/mol. The summed E-state index contributed by atoms with van der Waals surface area (Å²) in [6, 6.07) is 8.04. The molecule has 19 heavy (non-hydrogen) atoms. The molecule has 0 aliphatic carbocycles. The average molecular weight is 259 g/mol. The highest BCUT2D eigenvalue weighted by Crippen LogP contribution is 2.17. The normalized spacial score (nSPS) is 10.4. The fraction of sp³-hybridized carbons (Fsp3) is 0.529. The fourth-order valence-corrected chi connectivity index (χ4v) is 1.94. The van der Waals surface area contributed by atoms with Crippen LogP contribution < -0.4 is 10.1 Å². The first kappa shape index (κ1) is 15.6. The smallest absolute Gasteiger partial charge is 0.148 e. The van der Waals surface area contributed by atoms with Crippen LogP contribution in [0.15, 0.2) is 24.3 Å². The van der Waals surface area contributed by atoms with Crippen molar-refractivity contribution in [2.24, 2.45) is 5.92 Å². The zero-order chi connectivity index (χ0) is 13.9. The van der Waals surface area contributed by atoms with Gasteiger partial charge in [0.05, 0.1) is 0 Å². The number of nitrogens with one attached hydrogen (secondary N) is 1. The molecule has 0 spiro atoms. The highest BCUT2D eigenvalue weighted by Gasteiger charge is 2.01. The summed E-state index contributed by atoms with van der Waals surface area (Å²) < 4.78 is 5.52. The van der Waals surface area contributed by atoms with E-state index in [2.05, 4.69) is 31.2 Å². The first-order valence-corrected chi connectivity index (χ1v) is 7.09. The van der Waals surface area contributed by atoms with E-state index >= 15 is 0 Å². The third-order valence-corrected chi connectivity index (χ3v) is 2.98. The van der Waals surface area contributed by atoms with Gasteiger partial charge in [-0.3, -0.25) is 0 Å².